The summed E-state index contributed by atoms with van der Waals surface area (Å²) in [5.74, 6) is -0.655. The molecule has 1 aliphatic heterocycles. The molecular weight excluding hydrogens is 268 g/mol. The van der Waals surface area contributed by atoms with Gasteiger partial charge in [0.05, 0.1) is 18.6 Å². The summed E-state index contributed by atoms with van der Waals surface area (Å²) in [6.07, 6.45) is 0.648. The smallest absolute Gasteiger partial charge is 0.235 e. The van der Waals surface area contributed by atoms with Gasteiger partial charge in [0.15, 0.2) is 0 Å². The van der Waals surface area contributed by atoms with Gasteiger partial charge >= 0.3 is 0 Å². The monoisotopic (exact) mass is 288 g/mol. The van der Waals surface area contributed by atoms with Crippen LogP contribution in [0.2, 0.25) is 0 Å². The fourth-order valence-corrected chi connectivity index (χ4v) is 1.76. The Morgan fingerprint density at radius 2 is 2.05 bits per heavy atom. The molecule has 0 aromatic carbocycles. The molecule has 1 N–H and O–H groups in total. The molecule has 2 amide bonds. The summed E-state index contributed by atoms with van der Waals surface area (Å²) in [4.78, 5) is 29.0. The van der Waals surface area contributed by atoms with Crippen LogP contribution in [-0.2, 0) is 14.4 Å². The van der Waals surface area contributed by atoms with Gasteiger partial charge in [-0.3, -0.25) is 9.59 Å². The lowest BCUT2D eigenvalue weighted by Gasteiger charge is -2.19. The molecule has 0 aliphatic carbocycles. The third-order valence-corrected chi connectivity index (χ3v) is 2.91. The second-order valence-corrected chi connectivity index (χ2v) is 4.51. The first-order valence-corrected chi connectivity index (χ1v) is 6.48. The normalized spacial score (nSPS) is 17.6. The molecule has 1 heterocycles. The molecule has 0 radical (unpaired) electrons. The maximum absolute atomic E-state index is 11.5. The van der Waals surface area contributed by atoms with E-state index in [-0.39, 0.29) is 36.2 Å². The third-order valence-electron chi connectivity index (χ3n) is 2.91. The van der Waals surface area contributed by atoms with E-state index in [1.54, 1.807) is 0 Å². The number of hydrazine groups is 1. The van der Waals surface area contributed by atoms with Crippen molar-refractivity contribution in [2.75, 3.05) is 20.2 Å². The Bertz CT molecular complexity index is 371. The van der Waals surface area contributed by atoms with Crippen molar-refractivity contribution in [3.05, 3.63) is 5.21 Å². The molecule has 9 nitrogen and oxygen atoms in total. The van der Waals surface area contributed by atoms with E-state index in [0.717, 1.165) is 4.90 Å². The predicted octanol–water partition coefficient (Wildman–Crippen LogP) is -0.00520. The minimum Gasteiger partial charge on any atom is -0.569 e. The van der Waals surface area contributed by atoms with Crippen molar-refractivity contribution in [3.63, 3.8) is 0 Å². The molecule has 0 bridgehead atoms. The highest BCUT2D eigenvalue weighted by Crippen LogP contribution is 2.16. The molecule has 0 saturated carbocycles. The lowest BCUT2D eigenvalue weighted by molar-refractivity contribution is -0.707. The highest BCUT2D eigenvalue weighted by Gasteiger charge is 2.34. The highest BCUT2D eigenvalue weighted by atomic mass is 16.7. The SMILES string of the molecule is CC(O/N=[N+](/[O-])N(C)CCCCO)N1C(=O)CCC1=O. The number of aliphatic hydroxyl groups is 1. The molecule has 1 rings (SSSR count). The highest BCUT2D eigenvalue weighted by molar-refractivity contribution is 6.02. The number of aliphatic hydroxyl groups excluding tert-OH is 1. The van der Waals surface area contributed by atoms with Crippen LogP contribution >= 0.6 is 0 Å². The lowest BCUT2D eigenvalue weighted by atomic mass is 10.3. The van der Waals surface area contributed by atoms with Crippen LogP contribution in [0.25, 0.3) is 0 Å². The molecule has 9 heteroatoms. The molecule has 20 heavy (non-hydrogen) atoms. The predicted molar refractivity (Wildman–Crippen MR) is 66.6 cm³/mol. The van der Waals surface area contributed by atoms with Crippen LogP contribution < -0.4 is 0 Å². The summed E-state index contributed by atoms with van der Waals surface area (Å²) in [5.41, 5.74) is 0. The minimum atomic E-state index is -0.903. The number of likely N-dealkylation sites (tertiary alicyclic amines) is 1. The zero-order valence-corrected chi connectivity index (χ0v) is 11.7. The molecule has 1 unspecified atom stereocenters. The first-order valence-electron chi connectivity index (χ1n) is 6.48. The van der Waals surface area contributed by atoms with E-state index in [0.29, 0.717) is 19.4 Å². The standard InChI is InChI=1S/C11H20N4O5/c1-9(14-10(17)5-6-11(14)18)20-12-15(19)13(2)7-3-4-8-16/h9,16H,3-8H2,1-2H3/b15-12+. The van der Waals surface area contributed by atoms with Gasteiger partial charge < -0.3 is 15.2 Å². The van der Waals surface area contributed by atoms with Gasteiger partial charge in [-0.15, -0.1) is 5.01 Å². The number of imide groups is 1. The lowest BCUT2D eigenvalue weighted by Crippen LogP contribution is -2.39. The van der Waals surface area contributed by atoms with Gasteiger partial charge in [0.2, 0.25) is 23.3 Å². The fraction of sp³-hybridized carbons (Fsp3) is 0.818. The van der Waals surface area contributed by atoms with E-state index >= 15 is 0 Å². The minimum absolute atomic E-state index is 0.0660. The molecule has 1 saturated heterocycles. The topological polar surface area (TPSA) is 109 Å². The van der Waals surface area contributed by atoms with Gasteiger partial charge in [-0.25, -0.2) is 4.90 Å². The first-order chi connectivity index (χ1) is 9.47. The molecule has 0 spiro atoms. The van der Waals surface area contributed by atoms with Crippen LogP contribution in [0, 0.1) is 5.21 Å². The average Bonchev–Trinajstić information content (AvgIpc) is 2.75. The number of amides is 2. The molecule has 1 fully saturated rings. The molecule has 0 aromatic rings. The van der Waals surface area contributed by atoms with Crippen molar-refractivity contribution >= 4 is 11.8 Å². The average molecular weight is 288 g/mol. The van der Waals surface area contributed by atoms with Gasteiger partial charge in [0.25, 0.3) is 0 Å². The number of hydrogen-bond acceptors (Lipinski definition) is 6. The Hall–Kier alpha value is -1.90. The maximum atomic E-state index is 11.5. The van der Waals surface area contributed by atoms with Gasteiger partial charge in [-0.1, -0.05) is 0 Å². The number of rotatable bonds is 8. The van der Waals surface area contributed by atoms with Gasteiger partial charge in [0.1, 0.15) is 0 Å². The molecule has 0 aromatic heterocycles. The largest absolute Gasteiger partial charge is 0.569 e. The van der Waals surface area contributed by atoms with E-state index in [2.05, 4.69) is 5.28 Å². The van der Waals surface area contributed by atoms with E-state index in [9.17, 15) is 14.8 Å². The Labute approximate surface area is 116 Å². The second kappa shape index (κ2) is 7.63. The number of hydrogen-bond donors (Lipinski definition) is 1. The summed E-state index contributed by atoms with van der Waals surface area (Å²) in [5, 5.41) is 24.7. The van der Waals surface area contributed by atoms with Crippen LogP contribution in [0.4, 0.5) is 0 Å². The van der Waals surface area contributed by atoms with E-state index in [1.165, 1.54) is 19.0 Å². The molecule has 114 valence electrons. The third kappa shape index (κ3) is 4.34. The molecule has 1 aliphatic rings. The maximum Gasteiger partial charge on any atom is 0.235 e. The van der Waals surface area contributed by atoms with Crippen molar-refractivity contribution in [1.82, 2.24) is 9.91 Å². The van der Waals surface area contributed by atoms with Crippen molar-refractivity contribution in [3.8, 4) is 0 Å². The molecular formula is C11H20N4O5. The number of nitrogens with zero attached hydrogens (tertiary/aromatic N) is 4. The summed E-state index contributed by atoms with van der Waals surface area (Å²) in [7, 11) is 1.52. The van der Waals surface area contributed by atoms with Crippen LogP contribution in [0.5, 0.6) is 0 Å². The summed E-state index contributed by atoms with van der Waals surface area (Å²) < 4.78 is 0. The zero-order chi connectivity index (χ0) is 15.1. The zero-order valence-electron chi connectivity index (χ0n) is 11.7. The van der Waals surface area contributed by atoms with Gasteiger partial charge in [-0.2, -0.15) is 0 Å². The number of carbonyl (C=O) groups is 2. The Morgan fingerprint density at radius 3 is 2.60 bits per heavy atom. The van der Waals surface area contributed by atoms with Gasteiger partial charge in [-0.05, 0) is 19.8 Å². The fourth-order valence-electron chi connectivity index (χ4n) is 1.76. The number of carbonyl (C=O) groups excluding carboxylic acids is 2. The summed E-state index contributed by atoms with van der Waals surface area (Å²) in [6.45, 7) is 1.95. The Morgan fingerprint density at radius 1 is 1.45 bits per heavy atom. The van der Waals surface area contributed by atoms with Crippen molar-refractivity contribution in [1.29, 1.82) is 0 Å². The Kier molecular flexibility index (Phi) is 6.16. The second-order valence-electron chi connectivity index (χ2n) is 4.51. The van der Waals surface area contributed by atoms with Crippen LogP contribution in [0.15, 0.2) is 5.28 Å². The first kappa shape index (κ1) is 16.2. The van der Waals surface area contributed by atoms with Crippen LogP contribution in [-0.4, -0.2) is 58.2 Å². The van der Waals surface area contributed by atoms with Crippen LogP contribution in [0.1, 0.15) is 32.6 Å². The summed E-state index contributed by atoms with van der Waals surface area (Å²) in [6, 6.07) is 0. The van der Waals surface area contributed by atoms with E-state index < -0.39 is 6.23 Å². The number of unbranched alkanes of at least 4 members (excludes halogenated alkanes) is 1. The van der Waals surface area contributed by atoms with E-state index in [1.807, 2.05) is 0 Å². The van der Waals surface area contributed by atoms with Crippen LogP contribution in [0.3, 0.4) is 0 Å². The van der Waals surface area contributed by atoms with Gasteiger partial charge in [0, 0.05) is 19.4 Å². The van der Waals surface area contributed by atoms with Crippen molar-refractivity contribution < 1.29 is 24.5 Å². The van der Waals surface area contributed by atoms with Crippen molar-refractivity contribution in [2.24, 2.45) is 5.28 Å². The quantitative estimate of drug-likeness (QED) is 0.221. The van der Waals surface area contributed by atoms with E-state index in [4.69, 9.17) is 9.94 Å². The molecule has 1 atom stereocenters. The Balaban J connectivity index is 2.45. The summed E-state index contributed by atoms with van der Waals surface area (Å²) >= 11 is 0. The van der Waals surface area contributed by atoms with Crippen molar-refractivity contribution in [2.45, 2.75) is 38.8 Å².